The minimum atomic E-state index is -0.377. The molecular weight excluding hydrogens is 421 g/mol. The summed E-state index contributed by atoms with van der Waals surface area (Å²) in [5.41, 5.74) is 3.55. The third-order valence-corrected chi connectivity index (χ3v) is 6.84. The summed E-state index contributed by atoms with van der Waals surface area (Å²) in [6.45, 7) is 1.62. The quantitative estimate of drug-likeness (QED) is 0.433. The first-order valence-corrected chi connectivity index (χ1v) is 11.0. The van der Waals surface area contributed by atoms with Crippen LogP contribution in [0.15, 0.2) is 42.7 Å². The van der Waals surface area contributed by atoms with Crippen LogP contribution in [-0.2, 0) is 18.0 Å². The molecule has 5 rings (SSSR count). The summed E-state index contributed by atoms with van der Waals surface area (Å²) in [5.74, 6) is 1.53. The summed E-state index contributed by atoms with van der Waals surface area (Å²) in [6, 6.07) is 12.0. The van der Waals surface area contributed by atoms with Crippen LogP contribution in [0, 0.1) is 0 Å². The first-order valence-electron chi connectivity index (χ1n) is 10.2. The van der Waals surface area contributed by atoms with E-state index in [1.165, 1.54) is 11.1 Å². The van der Waals surface area contributed by atoms with Crippen molar-refractivity contribution in [1.82, 2.24) is 24.6 Å². The van der Waals surface area contributed by atoms with Gasteiger partial charge in [0.2, 0.25) is 5.88 Å². The van der Waals surface area contributed by atoms with Crippen molar-refractivity contribution in [2.75, 3.05) is 7.05 Å². The van der Waals surface area contributed by atoms with Crippen LogP contribution in [0.2, 0.25) is 5.15 Å². The highest BCUT2D eigenvalue weighted by molar-refractivity contribution is 6.29. The molecule has 0 N–H and O–H groups in total. The molecule has 0 amide bonds. The Bertz CT molecular complexity index is 1060. The van der Waals surface area contributed by atoms with E-state index in [1.807, 2.05) is 12.1 Å². The van der Waals surface area contributed by atoms with E-state index < -0.39 is 0 Å². The van der Waals surface area contributed by atoms with Gasteiger partial charge in [0, 0.05) is 12.6 Å². The van der Waals surface area contributed by atoms with Crippen LogP contribution < -0.4 is 4.74 Å². The van der Waals surface area contributed by atoms with E-state index in [2.05, 4.69) is 49.9 Å². The van der Waals surface area contributed by atoms with Crippen molar-refractivity contribution in [2.24, 2.45) is 0 Å². The van der Waals surface area contributed by atoms with Crippen molar-refractivity contribution in [2.45, 2.75) is 49.8 Å². The third-order valence-electron chi connectivity index (χ3n) is 6.03. The van der Waals surface area contributed by atoms with Gasteiger partial charge in [-0.05, 0) is 56.0 Å². The van der Waals surface area contributed by atoms with Gasteiger partial charge in [0.25, 0.3) is 0 Å². The Hall–Kier alpha value is -2.15. The molecule has 0 radical (unpaired) electrons. The van der Waals surface area contributed by atoms with E-state index in [0.717, 1.165) is 50.3 Å². The summed E-state index contributed by atoms with van der Waals surface area (Å²) in [5, 5.41) is 8.79. The molecule has 8 heteroatoms. The molecule has 30 heavy (non-hydrogen) atoms. The number of alkyl halides is 1. The molecule has 1 aromatic carbocycles. The van der Waals surface area contributed by atoms with E-state index in [9.17, 15) is 0 Å². The summed E-state index contributed by atoms with van der Waals surface area (Å²) >= 11 is 13.1. The molecule has 1 aliphatic carbocycles. The Morgan fingerprint density at radius 3 is 2.77 bits per heavy atom. The van der Waals surface area contributed by atoms with E-state index in [-0.39, 0.29) is 11.0 Å². The van der Waals surface area contributed by atoms with Crippen LogP contribution in [-0.4, -0.2) is 37.8 Å². The van der Waals surface area contributed by atoms with Gasteiger partial charge in [-0.3, -0.25) is 9.47 Å². The average Bonchev–Trinajstić information content (AvgIpc) is 3.12. The molecule has 1 aliphatic heterocycles. The molecule has 6 nitrogen and oxygen atoms in total. The number of fused-ring (bicyclic) bond motifs is 3. The van der Waals surface area contributed by atoms with Gasteiger partial charge in [0.1, 0.15) is 17.6 Å². The molecule has 3 aromatic rings. The van der Waals surface area contributed by atoms with Gasteiger partial charge in [-0.25, -0.2) is 4.98 Å². The largest absolute Gasteiger partial charge is 0.474 e. The zero-order valence-electron chi connectivity index (χ0n) is 16.8. The molecule has 156 valence electrons. The second-order valence-corrected chi connectivity index (χ2v) is 9.32. The van der Waals surface area contributed by atoms with Crippen molar-refractivity contribution >= 4 is 23.2 Å². The molecule has 2 aliphatic rings. The summed E-state index contributed by atoms with van der Waals surface area (Å²) in [7, 11) is 2.10. The van der Waals surface area contributed by atoms with Gasteiger partial charge in [0.05, 0.1) is 17.1 Å². The van der Waals surface area contributed by atoms with E-state index in [4.69, 9.17) is 27.9 Å². The maximum absolute atomic E-state index is 7.16. The Morgan fingerprint density at radius 1 is 1.13 bits per heavy atom. The van der Waals surface area contributed by atoms with Crippen molar-refractivity contribution in [3.05, 3.63) is 64.8 Å². The zero-order valence-corrected chi connectivity index (χ0v) is 18.3. The van der Waals surface area contributed by atoms with Crippen LogP contribution in [0.25, 0.3) is 5.69 Å². The smallest absolute Gasteiger partial charge is 0.214 e. The Kier molecular flexibility index (Phi) is 5.17. The number of halogens is 2. The molecule has 1 fully saturated rings. The highest BCUT2D eigenvalue weighted by Gasteiger charge is 2.36. The molecule has 0 bridgehead atoms. The summed E-state index contributed by atoms with van der Waals surface area (Å²) in [4.78, 5) is 6.11. The molecular formula is C22H23Cl2N5O. The van der Waals surface area contributed by atoms with Gasteiger partial charge in [-0.1, -0.05) is 29.8 Å². The predicted molar refractivity (Wildman–Crippen MR) is 116 cm³/mol. The maximum atomic E-state index is 7.16. The fourth-order valence-electron chi connectivity index (χ4n) is 4.46. The molecule has 0 unspecified atom stereocenters. The zero-order chi connectivity index (χ0) is 20.7. The number of ether oxygens (including phenoxy) is 1. The molecule has 1 saturated carbocycles. The monoisotopic (exact) mass is 443 g/mol. The first kappa shape index (κ1) is 19.8. The van der Waals surface area contributed by atoms with Gasteiger partial charge in [0.15, 0.2) is 5.82 Å². The summed E-state index contributed by atoms with van der Waals surface area (Å²) < 4.78 is 8.11. The van der Waals surface area contributed by atoms with Crippen LogP contribution in [0.5, 0.6) is 5.88 Å². The normalized spacial score (nSPS) is 24.0. The summed E-state index contributed by atoms with van der Waals surface area (Å²) in [6.07, 6.45) is 5.36. The van der Waals surface area contributed by atoms with Gasteiger partial charge >= 0.3 is 0 Å². The lowest BCUT2D eigenvalue weighted by Gasteiger charge is -2.36. The number of hydrogen-bond acceptors (Lipinski definition) is 5. The minimum Gasteiger partial charge on any atom is -0.474 e. The highest BCUT2D eigenvalue weighted by Crippen LogP contribution is 2.44. The first-order chi connectivity index (χ1) is 14.5. The molecule has 0 spiro atoms. The lowest BCUT2D eigenvalue weighted by atomic mass is 9.81. The molecule has 3 heterocycles. The highest BCUT2D eigenvalue weighted by atomic mass is 35.5. The number of nitrogens with zero attached hydrogens (tertiary/aromatic N) is 5. The number of aromatic nitrogens is 4. The third kappa shape index (κ3) is 3.80. The van der Waals surface area contributed by atoms with Gasteiger partial charge in [-0.2, -0.15) is 0 Å². The van der Waals surface area contributed by atoms with Crippen LogP contribution in [0.4, 0.5) is 0 Å². The van der Waals surface area contributed by atoms with Crippen LogP contribution >= 0.6 is 23.2 Å². The lowest BCUT2D eigenvalue weighted by Crippen LogP contribution is -2.32. The Labute approximate surface area is 185 Å². The van der Waals surface area contributed by atoms with Crippen molar-refractivity contribution in [3.63, 3.8) is 0 Å². The maximum Gasteiger partial charge on any atom is 0.214 e. The number of pyridine rings is 1. The second-order valence-electron chi connectivity index (χ2n) is 8.21. The Balaban J connectivity index is 1.34. The fourth-order valence-corrected chi connectivity index (χ4v) is 4.96. The van der Waals surface area contributed by atoms with Crippen LogP contribution in [0.3, 0.4) is 0 Å². The van der Waals surface area contributed by atoms with Crippen LogP contribution in [0.1, 0.15) is 42.6 Å². The lowest BCUT2D eigenvalue weighted by molar-refractivity contribution is 0.132. The van der Waals surface area contributed by atoms with Gasteiger partial charge in [-0.15, -0.1) is 21.8 Å². The average molecular weight is 444 g/mol. The van der Waals surface area contributed by atoms with E-state index >= 15 is 0 Å². The number of benzene rings is 1. The Morgan fingerprint density at radius 2 is 1.97 bits per heavy atom. The topological polar surface area (TPSA) is 56.1 Å². The van der Waals surface area contributed by atoms with E-state index in [0.29, 0.717) is 11.0 Å². The second kappa shape index (κ2) is 7.84. The van der Waals surface area contributed by atoms with Crippen molar-refractivity contribution < 1.29 is 4.74 Å². The molecule has 0 saturated heterocycles. The number of rotatable bonds is 3. The van der Waals surface area contributed by atoms with Gasteiger partial charge < -0.3 is 4.74 Å². The minimum absolute atomic E-state index is 0.106. The molecule has 0 atom stereocenters. The fraction of sp³-hybridized carbons (Fsp3) is 0.409. The number of hydrogen-bond donors (Lipinski definition) is 0. The predicted octanol–water partition coefficient (Wildman–Crippen LogP) is 4.72. The standard InChI is InChI=1S/C22H23Cl2N5O/c1-28-12-15-11-16(5-6-18(15)29-14-25-27-20(29)13-28)22(24)9-7-17(8-10-22)30-21-4-2-3-19(23)26-21/h2-6,11,14,17H,7-10,12-13H2,1H3. The van der Waals surface area contributed by atoms with E-state index in [1.54, 1.807) is 12.4 Å². The van der Waals surface area contributed by atoms with Crippen molar-refractivity contribution in [3.8, 4) is 11.6 Å². The van der Waals surface area contributed by atoms with Crippen molar-refractivity contribution in [1.29, 1.82) is 0 Å². The molecule has 2 aromatic heterocycles. The SMILES string of the molecule is CN1Cc2cc(C3(Cl)CCC(Oc4cccc(Cl)n4)CC3)ccc2-n2cnnc2C1.